The van der Waals surface area contributed by atoms with Gasteiger partial charge in [-0.1, -0.05) is 76.4 Å². The van der Waals surface area contributed by atoms with Crippen LogP contribution >= 0.6 is 39.1 Å². The van der Waals surface area contributed by atoms with Gasteiger partial charge in [-0.2, -0.15) is 0 Å². The first-order valence-corrected chi connectivity index (χ1v) is 12.6. The monoisotopic (exact) mass is 571 g/mol. The summed E-state index contributed by atoms with van der Waals surface area (Å²) in [4.78, 5) is 42.0. The van der Waals surface area contributed by atoms with Crippen LogP contribution in [-0.4, -0.2) is 28.8 Å². The number of hydrogen-bond donors (Lipinski definition) is 1. The molecule has 0 saturated carbocycles. The molecule has 35 heavy (non-hydrogen) atoms. The SMILES string of the molecule is CCc1ccc([C@@H]2NN(C(=O)c3cccc(Br)c3)[C@H]3C(=O)N(c4ccc(Cl)cc4Cl)C(=O)[C@@H]23)cc1. The van der Waals surface area contributed by atoms with Crippen molar-refractivity contribution in [2.24, 2.45) is 5.92 Å². The molecular formula is C26H20BrCl2N3O3. The second kappa shape index (κ2) is 9.39. The molecule has 178 valence electrons. The lowest BCUT2D eigenvalue weighted by Crippen LogP contribution is -2.48. The van der Waals surface area contributed by atoms with E-state index in [1.165, 1.54) is 11.1 Å². The van der Waals surface area contributed by atoms with Gasteiger partial charge in [0.25, 0.3) is 11.8 Å². The van der Waals surface area contributed by atoms with Crippen LogP contribution in [0.5, 0.6) is 0 Å². The number of rotatable bonds is 4. The minimum absolute atomic E-state index is 0.181. The van der Waals surface area contributed by atoms with E-state index in [1.807, 2.05) is 30.3 Å². The van der Waals surface area contributed by atoms with Crippen molar-refractivity contribution in [1.82, 2.24) is 10.4 Å². The second-order valence-corrected chi connectivity index (χ2v) is 10.2. The number of hydrogen-bond acceptors (Lipinski definition) is 4. The van der Waals surface area contributed by atoms with Crippen molar-refractivity contribution in [2.75, 3.05) is 4.90 Å². The molecule has 3 aromatic rings. The number of hydrazine groups is 1. The highest BCUT2D eigenvalue weighted by Gasteiger charge is 2.60. The van der Waals surface area contributed by atoms with Gasteiger partial charge in [0.2, 0.25) is 5.91 Å². The topological polar surface area (TPSA) is 69.7 Å². The Balaban J connectivity index is 1.59. The molecule has 2 heterocycles. The molecule has 3 atom stereocenters. The van der Waals surface area contributed by atoms with E-state index in [-0.39, 0.29) is 10.7 Å². The maximum atomic E-state index is 13.7. The maximum absolute atomic E-state index is 13.7. The van der Waals surface area contributed by atoms with Crippen molar-refractivity contribution in [3.63, 3.8) is 0 Å². The van der Waals surface area contributed by atoms with E-state index in [2.05, 4.69) is 28.3 Å². The van der Waals surface area contributed by atoms with E-state index in [0.29, 0.717) is 10.6 Å². The normalized spacial score (nSPS) is 21.5. The second-order valence-electron chi connectivity index (χ2n) is 8.47. The molecule has 1 N–H and O–H groups in total. The van der Waals surface area contributed by atoms with E-state index in [1.54, 1.807) is 30.3 Å². The lowest BCUT2D eigenvalue weighted by atomic mass is 9.90. The summed E-state index contributed by atoms with van der Waals surface area (Å²) in [5, 5.41) is 1.86. The smallest absolute Gasteiger partial charge is 0.268 e. The van der Waals surface area contributed by atoms with Crippen LogP contribution in [0.4, 0.5) is 5.69 Å². The molecule has 0 unspecified atom stereocenters. The highest BCUT2D eigenvalue weighted by molar-refractivity contribution is 9.10. The van der Waals surface area contributed by atoms with Crippen LogP contribution < -0.4 is 10.3 Å². The number of anilines is 1. The molecule has 3 amide bonds. The Morgan fingerprint density at radius 3 is 2.40 bits per heavy atom. The van der Waals surface area contributed by atoms with Gasteiger partial charge in [-0.3, -0.25) is 19.4 Å². The van der Waals surface area contributed by atoms with Crippen LogP contribution in [-0.2, 0) is 16.0 Å². The summed E-state index contributed by atoms with van der Waals surface area (Å²) in [6, 6.07) is 17.7. The molecule has 9 heteroatoms. The predicted molar refractivity (Wildman–Crippen MR) is 138 cm³/mol. The first kappa shape index (κ1) is 24.0. The van der Waals surface area contributed by atoms with Crippen LogP contribution in [0.3, 0.4) is 0 Å². The number of carbonyl (C=O) groups excluding carboxylic acids is 3. The fourth-order valence-corrected chi connectivity index (χ4v) is 5.57. The summed E-state index contributed by atoms with van der Waals surface area (Å²) in [5.41, 5.74) is 5.76. The van der Waals surface area contributed by atoms with E-state index in [9.17, 15) is 14.4 Å². The molecule has 0 radical (unpaired) electrons. The zero-order chi connectivity index (χ0) is 24.9. The third-order valence-corrected chi connectivity index (χ3v) is 7.45. The Bertz CT molecular complexity index is 1350. The number of nitrogens with one attached hydrogen (secondary N) is 1. The highest BCUT2D eigenvalue weighted by Crippen LogP contribution is 2.44. The number of imide groups is 1. The van der Waals surface area contributed by atoms with Crippen molar-refractivity contribution in [2.45, 2.75) is 25.4 Å². The molecule has 2 saturated heterocycles. The fourth-order valence-electron chi connectivity index (χ4n) is 4.67. The maximum Gasteiger partial charge on any atom is 0.268 e. The van der Waals surface area contributed by atoms with Crippen molar-refractivity contribution in [3.8, 4) is 0 Å². The Hall–Kier alpha value is -2.71. The van der Waals surface area contributed by atoms with Gasteiger partial charge in [-0.25, -0.2) is 10.3 Å². The first-order chi connectivity index (χ1) is 16.8. The molecular weight excluding hydrogens is 553 g/mol. The summed E-state index contributed by atoms with van der Waals surface area (Å²) in [7, 11) is 0. The Morgan fingerprint density at radius 2 is 1.74 bits per heavy atom. The Morgan fingerprint density at radius 1 is 1.00 bits per heavy atom. The van der Waals surface area contributed by atoms with Gasteiger partial charge in [-0.15, -0.1) is 0 Å². The minimum atomic E-state index is -1.03. The molecule has 0 aromatic heterocycles. The third-order valence-electron chi connectivity index (χ3n) is 6.42. The van der Waals surface area contributed by atoms with Gasteiger partial charge in [0.05, 0.1) is 22.7 Å². The van der Waals surface area contributed by atoms with E-state index in [0.717, 1.165) is 26.9 Å². The zero-order valence-corrected chi connectivity index (χ0v) is 21.6. The molecule has 0 spiro atoms. The number of fused-ring (bicyclic) bond motifs is 1. The summed E-state index contributed by atoms with van der Waals surface area (Å²) < 4.78 is 0.731. The molecule has 2 fully saturated rings. The average molecular weight is 573 g/mol. The summed E-state index contributed by atoms with van der Waals surface area (Å²) in [5.74, 6) is -2.17. The molecule has 5 rings (SSSR count). The highest BCUT2D eigenvalue weighted by atomic mass is 79.9. The Labute approximate surface area is 220 Å². The molecule has 0 aliphatic carbocycles. The van der Waals surface area contributed by atoms with E-state index < -0.39 is 35.7 Å². The molecule has 2 aliphatic rings. The standard InChI is InChI=1S/C26H20BrCl2N3O3/c1-2-14-6-8-15(9-7-14)22-21-23(32(30-22)24(33)16-4-3-5-17(27)12-16)26(35)31(25(21)34)20-11-10-18(28)13-19(20)29/h3-13,21-23,30H,2H2,1H3/t21-,22-,23+/m0/s1. The minimum Gasteiger partial charge on any atom is -0.274 e. The largest absolute Gasteiger partial charge is 0.274 e. The summed E-state index contributed by atoms with van der Waals surface area (Å²) in [6.45, 7) is 2.06. The third kappa shape index (κ3) is 4.16. The van der Waals surface area contributed by atoms with Crippen LogP contribution in [0.2, 0.25) is 10.0 Å². The van der Waals surface area contributed by atoms with Gasteiger partial charge in [0, 0.05) is 15.1 Å². The molecule has 2 aliphatic heterocycles. The van der Waals surface area contributed by atoms with Crippen LogP contribution in [0.15, 0.2) is 71.2 Å². The van der Waals surface area contributed by atoms with Crippen molar-refractivity contribution in [3.05, 3.63) is 97.9 Å². The Kier molecular flexibility index (Phi) is 6.44. The van der Waals surface area contributed by atoms with Gasteiger partial charge < -0.3 is 0 Å². The number of aryl methyl sites for hydroxylation is 1. The van der Waals surface area contributed by atoms with Crippen LogP contribution in [0.25, 0.3) is 0 Å². The summed E-state index contributed by atoms with van der Waals surface area (Å²) >= 11 is 15.8. The van der Waals surface area contributed by atoms with Crippen LogP contribution in [0.1, 0.15) is 34.5 Å². The first-order valence-electron chi connectivity index (χ1n) is 11.1. The lowest BCUT2D eigenvalue weighted by molar-refractivity contribution is -0.123. The van der Waals surface area contributed by atoms with Crippen molar-refractivity contribution >= 4 is 62.5 Å². The quantitative estimate of drug-likeness (QED) is 0.414. The zero-order valence-electron chi connectivity index (χ0n) is 18.5. The van der Waals surface area contributed by atoms with E-state index >= 15 is 0 Å². The van der Waals surface area contributed by atoms with Crippen molar-refractivity contribution < 1.29 is 14.4 Å². The number of amides is 3. The van der Waals surface area contributed by atoms with Gasteiger partial charge in [-0.05, 0) is 53.9 Å². The molecule has 6 nitrogen and oxygen atoms in total. The van der Waals surface area contributed by atoms with Crippen molar-refractivity contribution in [1.29, 1.82) is 0 Å². The number of carbonyl (C=O) groups is 3. The fraction of sp³-hybridized carbons (Fsp3) is 0.192. The number of halogens is 3. The van der Waals surface area contributed by atoms with Gasteiger partial charge in [0.1, 0.15) is 6.04 Å². The number of benzene rings is 3. The molecule has 0 bridgehead atoms. The molecule has 3 aromatic carbocycles. The predicted octanol–water partition coefficient (Wildman–Crippen LogP) is 5.58. The lowest BCUT2D eigenvalue weighted by Gasteiger charge is -2.25. The number of nitrogens with zero attached hydrogens (tertiary/aromatic N) is 2. The average Bonchev–Trinajstić information content (AvgIpc) is 3.36. The van der Waals surface area contributed by atoms with Crippen LogP contribution in [0, 0.1) is 5.92 Å². The van der Waals surface area contributed by atoms with Gasteiger partial charge >= 0.3 is 0 Å². The van der Waals surface area contributed by atoms with E-state index in [4.69, 9.17) is 23.2 Å². The summed E-state index contributed by atoms with van der Waals surface area (Å²) in [6.07, 6.45) is 0.873. The van der Waals surface area contributed by atoms with Gasteiger partial charge in [0.15, 0.2) is 0 Å².